The molecule has 3 aromatic rings. The average Bonchev–Trinajstić information content (AvgIpc) is 3.39. The minimum Gasteiger partial charge on any atom is -0.338 e. The molecule has 0 aliphatic carbocycles. The molecule has 3 amide bonds. The number of likely N-dealkylation sites (tertiary alicyclic amines) is 1. The van der Waals surface area contributed by atoms with Crippen molar-refractivity contribution in [1.29, 1.82) is 0 Å². The van der Waals surface area contributed by atoms with E-state index in [1.54, 1.807) is 34.2 Å². The van der Waals surface area contributed by atoms with Crippen LogP contribution in [0.15, 0.2) is 36.8 Å². The number of hydrogen-bond donors (Lipinski definition) is 1. The lowest BCUT2D eigenvalue weighted by Gasteiger charge is -2.30. The normalized spacial score (nSPS) is 19.4. The highest BCUT2D eigenvalue weighted by molar-refractivity contribution is 5.97. The number of nitrogens with one attached hydrogen (secondary N) is 1. The SMILES string of the molecule is C[C@H]1CCCN(C(=O)c2cnc3c(cnn3-c3ccc(N4CCNC4=O)nc3)c2)C1. The number of carbonyl (C=O) groups excluding carboxylic acids is 2. The monoisotopic (exact) mass is 405 g/mol. The zero-order valence-corrected chi connectivity index (χ0v) is 16.8. The van der Waals surface area contributed by atoms with E-state index in [9.17, 15) is 9.59 Å². The third-order valence-corrected chi connectivity index (χ3v) is 5.71. The summed E-state index contributed by atoms with van der Waals surface area (Å²) in [6.45, 7) is 4.99. The van der Waals surface area contributed by atoms with Crippen LogP contribution in [-0.2, 0) is 0 Å². The highest BCUT2D eigenvalue weighted by atomic mass is 16.2. The molecule has 9 nitrogen and oxygen atoms in total. The number of nitrogens with zero attached hydrogens (tertiary/aromatic N) is 6. The lowest BCUT2D eigenvalue weighted by Crippen LogP contribution is -2.39. The van der Waals surface area contributed by atoms with Gasteiger partial charge in [-0.15, -0.1) is 0 Å². The van der Waals surface area contributed by atoms with Gasteiger partial charge in [-0.3, -0.25) is 9.69 Å². The van der Waals surface area contributed by atoms with Gasteiger partial charge in [0, 0.05) is 37.8 Å². The number of hydrogen-bond acceptors (Lipinski definition) is 5. The second-order valence-corrected chi connectivity index (χ2v) is 7.95. The molecule has 0 radical (unpaired) electrons. The number of anilines is 1. The van der Waals surface area contributed by atoms with E-state index in [1.807, 2.05) is 17.0 Å². The Balaban J connectivity index is 1.40. The maximum absolute atomic E-state index is 12.9. The molecule has 0 saturated carbocycles. The number of carbonyl (C=O) groups is 2. The lowest BCUT2D eigenvalue weighted by molar-refractivity contribution is 0.0683. The molecular weight excluding hydrogens is 382 g/mol. The predicted molar refractivity (Wildman–Crippen MR) is 112 cm³/mol. The summed E-state index contributed by atoms with van der Waals surface area (Å²) in [6.07, 6.45) is 7.22. The molecule has 0 bridgehead atoms. The molecule has 2 aliphatic rings. The minimum absolute atomic E-state index is 0.0265. The summed E-state index contributed by atoms with van der Waals surface area (Å²) >= 11 is 0. The van der Waals surface area contributed by atoms with Crippen molar-refractivity contribution in [3.63, 3.8) is 0 Å². The molecule has 30 heavy (non-hydrogen) atoms. The van der Waals surface area contributed by atoms with Crippen LogP contribution in [0.4, 0.5) is 10.6 Å². The van der Waals surface area contributed by atoms with Crippen molar-refractivity contribution >= 4 is 28.8 Å². The molecule has 1 N–H and O–H groups in total. The number of rotatable bonds is 3. The van der Waals surface area contributed by atoms with Crippen LogP contribution in [0.25, 0.3) is 16.7 Å². The smallest absolute Gasteiger partial charge is 0.323 e. The maximum Gasteiger partial charge on any atom is 0.323 e. The fourth-order valence-corrected chi connectivity index (χ4v) is 4.14. The minimum atomic E-state index is -0.137. The molecule has 1 atom stereocenters. The highest BCUT2D eigenvalue weighted by Gasteiger charge is 2.24. The van der Waals surface area contributed by atoms with Crippen molar-refractivity contribution in [3.8, 4) is 5.69 Å². The van der Waals surface area contributed by atoms with E-state index >= 15 is 0 Å². The van der Waals surface area contributed by atoms with Crippen LogP contribution in [0.1, 0.15) is 30.1 Å². The van der Waals surface area contributed by atoms with Crippen molar-refractivity contribution in [1.82, 2.24) is 30.0 Å². The number of pyridine rings is 2. The molecule has 2 fully saturated rings. The summed E-state index contributed by atoms with van der Waals surface area (Å²) in [6, 6.07) is 5.37. The van der Waals surface area contributed by atoms with Gasteiger partial charge in [0.1, 0.15) is 5.82 Å². The Morgan fingerprint density at radius 3 is 2.80 bits per heavy atom. The number of fused-ring (bicyclic) bond motifs is 1. The van der Waals surface area contributed by atoms with Crippen molar-refractivity contribution in [2.75, 3.05) is 31.1 Å². The van der Waals surface area contributed by atoms with E-state index in [-0.39, 0.29) is 11.9 Å². The Hall–Kier alpha value is -3.49. The average molecular weight is 405 g/mol. The van der Waals surface area contributed by atoms with Crippen LogP contribution in [0.2, 0.25) is 0 Å². The topological polar surface area (TPSA) is 96.3 Å². The van der Waals surface area contributed by atoms with Crippen LogP contribution in [-0.4, -0.2) is 62.8 Å². The number of amides is 3. The summed E-state index contributed by atoms with van der Waals surface area (Å²) in [5.74, 6) is 1.16. The first-order chi connectivity index (χ1) is 14.6. The first-order valence-corrected chi connectivity index (χ1v) is 10.2. The van der Waals surface area contributed by atoms with E-state index < -0.39 is 0 Å². The van der Waals surface area contributed by atoms with Crippen molar-refractivity contribution in [3.05, 3.63) is 42.4 Å². The molecule has 0 aromatic carbocycles. The molecule has 2 aliphatic heterocycles. The molecule has 9 heteroatoms. The quantitative estimate of drug-likeness (QED) is 0.721. The van der Waals surface area contributed by atoms with E-state index in [0.717, 1.165) is 30.6 Å². The van der Waals surface area contributed by atoms with Gasteiger partial charge in [-0.2, -0.15) is 5.10 Å². The number of piperidine rings is 1. The van der Waals surface area contributed by atoms with Gasteiger partial charge in [-0.1, -0.05) is 6.92 Å². The molecule has 154 valence electrons. The summed E-state index contributed by atoms with van der Waals surface area (Å²) in [7, 11) is 0. The van der Waals surface area contributed by atoms with E-state index in [1.165, 1.54) is 6.42 Å². The van der Waals surface area contributed by atoms with Gasteiger partial charge < -0.3 is 10.2 Å². The van der Waals surface area contributed by atoms with Crippen molar-refractivity contribution in [2.24, 2.45) is 5.92 Å². The third kappa shape index (κ3) is 3.26. The van der Waals surface area contributed by atoms with Crippen molar-refractivity contribution in [2.45, 2.75) is 19.8 Å². The van der Waals surface area contributed by atoms with Crippen LogP contribution in [0, 0.1) is 5.92 Å². The van der Waals surface area contributed by atoms with Gasteiger partial charge in [0.15, 0.2) is 5.65 Å². The molecule has 0 spiro atoms. The fourth-order valence-electron chi connectivity index (χ4n) is 4.14. The number of aromatic nitrogens is 4. The Kier molecular flexibility index (Phi) is 4.57. The summed E-state index contributed by atoms with van der Waals surface area (Å²) in [4.78, 5) is 37.1. The predicted octanol–water partition coefficient (Wildman–Crippen LogP) is 2.22. The number of urea groups is 1. The second-order valence-electron chi connectivity index (χ2n) is 7.95. The highest BCUT2D eigenvalue weighted by Crippen LogP contribution is 2.22. The largest absolute Gasteiger partial charge is 0.338 e. The van der Waals surface area contributed by atoms with Crippen LogP contribution in [0.5, 0.6) is 0 Å². The van der Waals surface area contributed by atoms with Gasteiger partial charge >= 0.3 is 6.03 Å². The molecule has 3 aromatic heterocycles. The molecule has 5 heterocycles. The zero-order chi connectivity index (χ0) is 20.7. The van der Waals surface area contributed by atoms with Gasteiger partial charge in [-0.05, 0) is 37.0 Å². The van der Waals surface area contributed by atoms with Crippen LogP contribution < -0.4 is 10.2 Å². The molecule has 0 unspecified atom stereocenters. The standard InChI is InChI=1S/C21H23N7O2/c1-14-3-2-7-26(13-14)20(29)16-9-15-11-25-28(19(15)24-10-16)17-4-5-18(23-12-17)27-8-6-22-21(27)30/h4-5,9-12,14H,2-3,6-8,13H2,1H3,(H,22,30)/t14-/m0/s1. The summed E-state index contributed by atoms with van der Waals surface area (Å²) < 4.78 is 1.69. The molecule has 2 saturated heterocycles. The van der Waals surface area contributed by atoms with E-state index in [0.29, 0.717) is 36.0 Å². The third-order valence-electron chi connectivity index (χ3n) is 5.71. The Morgan fingerprint density at radius 1 is 1.17 bits per heavy atom. The van der Waals surface area contributed by atoms with E-state index in [4.69, 9.17) is 0 Å². The second kappa shape index (κ2) is 7.40. The summed E-state index contributed by atoms with van der Waals surface area (Å²) in [5.41, 5.74) is 1.99. The first kappa shape index (κ1) is 18.5. The Bertz CT molecular complexity index is 1110. The van der Waals surface area contributed by atoms with E-state index in [2.05, 4.69) is 27.3 Å². The molecular formula is C21H23N7O2. The Labute approximate surface area is 173 Å². The van der Waals surface area contributed by atoms with Crippen LogP contribution >= 0.6 is 0 Å². The van der Waals surface area contributed by atoms with Gasteiger partial charge in [0.25, 0.3) is 5.91 Å². The summed E-state index contributed by atoms with van der Waals surface area (Å²) in [5, 5.41) is 7.99. The van der Waals surface area contributed by atoms with Gasteiger partial charge in [0.2, 0.25) is 0 Å². The zero-order valence-electron chi connectivity index (χ0n) is 16.8. The molecule has 5 rings (SSSR count). The van der Waals surface area contributed by atoms with Crippen LogP contribution in [0.3, 0.4) is 0 Å². The fraction of sp³-hybridized carbons (Fsp3) is 0.381. The first-order valence-electron chi connectivity index (χ1n) is 10.2. The maximum atomic E-state index is 12.9. The van der Waals surface area contributed by atoms with Crippen molar-refractivity contribution < 1.29 is 9.59 Å². The Morgan fingerprint density at radius 2 is 2.07 bits per heavy atom. The van der Waals surface area contributed by atoms with Gasteiger partial charge in [0.05, 0.1) is 23.6 Å². The van der Waals surface area contributed by atoms with Gasteiger partial charge in [-0.25, -0.2) is 19.4 Å². The lowest BCUT2D eigenvalue weighted by atomic mass is 10.00.